The summed E-state index contributed by atoms with van der Waals surface area (Å²) in [6.07, 6.45) is 1.40. The number of aromatic nitrogens is 1. The Kier molecular flexibility index (Phi) is 4.55. The summed E-state index contributed by atoms with van der Waals surface area (Å²) in [5.74, 6) is -0.781. The minimum absolute atomic E-state index is 0.0494. The Morgan fingerprint density at radius 2 is 1.85 bits per heavy atom. The van der Waals surface area contributed by atoms with E-state index in [1.165, 1.54) is 29.5 Å². The molecule has 26 heavy (non-hydrogen) atoms. The molecule has 0 spiro atoms. The fourth-order valence-corrected chi connectivity index (χ4v) is 4.18. The molecule has 1 saturated heterocycles. The second-order valence-corrected chi connectivity index (χ2v) is 7.35. The van der Waals surface area contributed by atoms with Crippen molar-refractivity contribution < 1.29 is 13.6 Å². The van der Waals surface area contributed by atoms with Gasteiger partial charge in [-0.1, -0.05) is 17.4 Å². The van der Waals surface area contributed by atoms with E-state index < -0.39 is 0 Å². The molecule has 7 heteroatoms. The van der Waals surface area contributed by atoms with Crippen molar-refractivity contribution >= 4 is 38.3 Å². The van der Waals surface area contributed by atoms with E-state index in [0.717, 1.165) is 9.83 Å². The molecule has 1 N–H and O–H groups in total. The fourth-order valence-electron chi connectivity index (χ4n) is 3.15. The molecule has 0 saturated carbocycles. The van der Waals surface area contributed by atoms with E-state index in [9.17, 15) is 13.6 Å². The van der Waals surface area contributed by atoms with Gasteiger partial charge in [0.05, 0.1) is 4.70 Å². The predicted octanol–water partition coefficient (Wildman–Crippen LogP) is 4.43. The largest absolute Gasteiger partial charge is 0.348 e. The lowest BCUT2D eigenvalue weighted by Gasteiger charge is -2.31. The lowest BCUT2D eigenvalue weighted by molar-refractivity contribution is -0.120. The zero-order valence-electron chi connectivity index (χ0n) is 13.9. The van der Waals surface area contributed by atoms with Crippen LogP contribution in [0.1, 0.15) is 12.8 Å². The van der Waals surface area contributed by atoms with Crippen molar-refractivity contribution in [3.63, 3.8) is 0 Å². The van der Waals surface area contributed by atoms with E-state index in [1.54, 1.807) is 18.2 Å². The smallest absolute Gasteiger partial charge is 0.227 e. The number of hydrogen-bond acceptors (Lipinski definition) is 4. The van der Waals surface area contributed by atoms with Gasteiger partial charge in [-0.2, -0.15) is 0 Å². The number of hydrogen-bond donors (Lipinski definition) is 1. The average Bonchev–Trinajstić information content (AvgIpc) is 3.09. The highest BCUT2D eigenvalue weighted by Gasteiger charge is 2.26. The summed E-state index contributed by atoms with van der Waals surface area (Å²) >= 11 is 1.47. The van der Waals surface area contributed by atoms with E-state index in [0.29, 0.717) is 37.1 Å². The number of nitrogens with zero attached hydrogens (tertiary/aromatic N) is 2. The van der Waals surface area contributed by atoms with Crippen LogP contribution < -0.4 is 10.2 Å². The minimum Gasteiger partial charge on any atom is -0.348 e. The molecule has 1 aliphatic rings. The summed E-state index contributed by atoms with van der Waals surface area (Å²) in [6.45, 7) is 1.39. The molecule has 0 bridgehead atoms. The maximum Gasteiger partial charge on any atom is 0.227 e. The van der Waals surface area contributed by atoms with Crippen LogP contribution in [-0.4, -0.2) is 24.0 Å². The molecule has 1 fully saturated rings. The van der Waals surface area contributed by atoms with Crippen LogP contribution in [0.15, 0.2) is 42.5 Å². The summed E-state index contributed by atoms with van der Waals surface area (Å²) in [4.78, 5) is 18.9. The van der Waals surface area contributed by atoms with Gasteiger partial charge in [0.15, 0.2) is 5.13 Å². The van der Waals surface area contributed by atoms with Gasteiger partial charge >= 0.3 is 0 Å². The Morgan fingerprint density at radius 1 is 1.12 bits per heavy atom. The number of amides is 1. The van der Waals surface area contributed by atoms with Crippen LogP contribution in [0.3, 0.4) is 0 Å². The lowest BCUT2D eigenvalue weighted by Crippen LogP contribution is -2.38. The number of carbonyl (C=O) groups is 1. The summed E-state index contributed by atoms with van der Waals surface area (Å²) in [7, 11) is 0. The van der Waals surface area contributed by atoms with E-state index in [4.69, 9.17) is 0 Å². The summed E-state index contributed by atoms with van der Waals surface area (Å²) in [5.41, 5.74) is 1.00. The first kappa shape index (κ1) is 16.9. The van der Waals surface area contributed by atoms with Gasteiger partial charge in [-0.05, 0) is 49.2 Å². The van der Waals surface area contributed by atoms with Crippen molar-refractivity contribution in [3.05, 3.63) is 54.1 Å². The Balaban J connectivity index is 1.39. The number of para-hydroxylation sites is 1. The highest BCUT2D eigenvalue weighted by Crippen LogP contribution is 2.32. The molecule has 4 nitrogen and oxygen atoms in total. The van der Waals surface area contributed by atoms with Crippen LogP contribution in [0.2, 0.25) is 0 Å². The SMILES string of the molecule is O=C(Nc1ccc(F)cc1)C1CCN(c2nc3c(F)cccc3s2)CC1. The molecular formula is C19H17F2N3OS. The topological polar surface area (TPSA) is 45.2 Å². The summed E-state index contributed by atoms with van der Waals surface area (Å²) in [5, 5.41) is 3.63. The molecule has 0 aliphatic carbocycles. The van der Waals surface area contributed by atoms with Gasteiger partial charge in [-0.3, -0.25) is 4.79 Å². The summed E-state index contributed by atoms with van der Waals surface area (Å²) < 4.78 is 27.6. The molecule has 134 valence electrons. The van der Waals surface area contributed by atoms with Crippen molar-refractivity contribution in [1.29, 1.82) is 0 Å². The standard InChI is InChI=1S/C19H17F2N3OS/c20-13-4-6-14(7-5-13)22-18(25)12-8-10-24(11-9-12)19-23-17-15(21)2-1-3-16(17)26-19/h1-7,12H,8-11H2,(H,22,25). The molecule has 4 rings (SSSR count). The van der Waals surface area contributed by atoms with Crippen molar-refractivity contribution in [2.24, 2.45) is 5.92 Å². The first-order chi connectivity index (χ1) is 12.6. The van der Waals surface area contributed by atoms with Crippen LogP contribution in [0, 0.1) is 17.6 Å². The van der Waals surface area contributed by atoms with Crippen molar-refractivity contribution in [1.82, 2.24) is 4.98 Å². The molecule has 2 heterocycles. The highest BCUT2D eigenvalue weighted by molar-refractivity contribution is 7.22. The van der Waals surface area contributed by atoms with E-state index >= 15 is 0 Å². The third-order valence-electron chi connectivity index (χ3n) is 4.61. The van der Waals surface area contributed by atoms with Crippen LogP contribution in [0.25, 0.3) is 10.2 Å². The van der Waals surface area contributed by atoms with Gasteiger partial charge in [0.1, 0.15) is 17.2 Å². The number of nitrogens with one attached hydrogen (secondary N) is 1. The maximum absolute atomic E-state index is 13.8. The number of piperidine rings is 1. The lowest BCUT2D eigenvalue weighted by atomic mass is 9.96. The van der Waals surface area contributed by atoms with Gasteiger partial charge in [0.25, 0.3) is 0 Å². The second kappa shape index (κ2) is 6.99. The number of rotatable bonds is 3. The van der Waals surface area contributed by atoms with Crippen molar-refractivity contribution in [2.45, 2.75) is 12.8 Å². The normalized spacial score (nSPS) is 15.4. The Hall–Kier alpha value is -2.54. The average molecular weight is 373 g/mol. The van der Waals surface area contributed by atoms with Crippen LogP contribution in [-0.2, 0) is 4.79 Å². The van der Waals surface area contributed by atoms with Gasteiger partial charge in [-0.15, -0.1) is 0 Å². The Labute approximate surface area is 153 Å². The van der Waals surface area contributed by atoms with Gasteiger partial charge < -0.3 is 10.2 Å². The highest BCUT2D eigenvalue weighted by atomic mass is 32.1. The van der Waals surface area contributed by atoms with Gasteiger partial charge in [0.2, 0.25) is 5.91 Å². The zero-order chi connectivity index (χ0) is 18.1. The number of anilines is 2. The third kappa shape index (κ3) is 3.39. The molecule has 0 unspecified atom stereocenters. The van der Waals surface area contributed by atoms with Crippen molar-refractivity contribution in [2.75, 3.05) is 23.3 Å². The Morgan fingerprint density at radius 3 is 2.54 bits per heavy atom. The molecule has 1 amide bonds. The molecular weight excluding hydrogens is 356 g/mol. The summed E-state index contributed by atoms with van der Waals surface area (Å²) in [6, 6.07) is 10.7. The molecule has 0 atom stereocenters. The van der Waals surface area contributed by atoms with Gasteiger partial charge in [0, 0.05) is 24.7 Å². The number of carbonyl (C=O) groups excluding carboxylic acids is 1. The monoisotopic (exact) mass is 373 g/mol. The van der Waals surface area contributed by atoms with Crippen LogP contribution in [0.4, 0.5) is 19.6 Å². The zero-order valence-corrected chi connectivity index (χ0v) is 14.7. The number of benzene rings is 2. The van der Waals surface area contributed by atoms with Gasteiger partial charge in [-0.25, -0.2) is 13.8 Å². The quantitative estimate of drug-likeness (QED) is 0.739. The number of fused-ring (bicyclic) bond motifs is 1. The molecule has 1 aliphatic heterocycles. The van der Waals surface area contributed by atoms with E-state index in [1.807, 2.05) is 6.07 Å². The predicted molar refractivity (Wildman–Crippen MR) is 99.5 cm³/mol. The maximum atomic E-state index is 13.8. The minimum atomic E-state index is -0.330. The van der Waals surface area contributed by atoms with E-state index in [2.05, 4.69) is 15.2 Å². The van der Waals surface area contributed by atoms with Crippen LogP contribution >= 0.6 is 11.3 Å². The fraction of sp³-hybridized carbons (Fsp3) is 0.263. The molecule has 3 aromatic rings. The molecule has 1 aromatic heterocycles. The van der Waals surface area contributed by atoms with E-state index in [-0.39, 0.29) is 23.5 Å². The number of halogens is 2. The molecule has 0 radical (unpaired) electrons. The molecule has 2 aromatic carbocycles. The first-order valence-corrected chi connectivity index (χ1v) is 9.28. The Bertz CT molecular complexity index is 934. The second-order valence-electron chi connectivity index (χ2n) is 6.34. The van der Waals surface area contributed by atoms with Crippen LogP contribution in [0.5, 0.6) is 0 Å². The third-order valence-corrected chi connectivity index (χ3v) is 5.69. The first-order valence-electron chi connectivity index (χ1n) is 8.46. The van der Waals surface area contributed by atoms with Crippen molar-refractivity contribution in [3.8, 4) is 0 Å². The number of thiazole rings is 1.